The number of hydrogen-bond donors (Lipinski definition) is 2. The average molecular weight is 107 g/mol. The number of rotatable bonds is 1. The topological polar surface area (TPSA) is 23.5 Å². The van der Waals surface area contributed by atoms with Gasteiger partial charge in [0.15, 0.2) is 0 Å². The van der Waals surface area contributed by atoms with Crippen LogP contribution in [0.2, 0.25) is 0 Å². The van der Waals surface area contributed by atoms with E-state index < -0.39 is 0 Å². The number of aliphatic hydroxyl groups is 1. The van der Waals surface area contributed by atoms with E-state index in [0.29, 0.717) is 0 Å². The van der Waals surface area contributed by atoms with Crippen LogP contribution >= 0.6 is 11.5 Å². The van der Waals surface area contributed by atoms with E-state index in [2.05, 4.69) is 0 Å². The third kappa shape index (κ3) is 4.14. The lowest BCUT2D eigenvalue weighted by atomic mass is 11.3. The summed E-state index contributed by atoms with van der Waals surface area (Å²) in [7, 11) is 3.77. The largest absolute Gasteiger partial charge is 0.362 e. The molecule has 0 spiro atoms. The van der Waals surface area contributed by atoms with Crippen LogP contribution in [-0.4, -0.2) is 29.1 Å². The molecular weight excluding hydrogens is 98.1 g/mol. The van der Waals surface area contributed by atoms with Crippen molar-refractivity contribution in [1.29, 1.82) is 0 Å². The molecule has 0 saturated carbocycles. The first-order valence-corrected chi connectivity index (χ1v) is 2.53. The Hall–Kier alpha value is 0.140. The first-order valence-electron chi connectivity index (χ1n) is 1.61. The third-order valence-corrected chi connectivity index (χ3v) is 0.848. The highest BCUT2D eigenvalue weighted by Gasteiger charge is 1.68. The maximum absolute atomic E-state index is 8.06. The van der Waals surface area contributed by atoms with Crippen molar-refractivity contribution in [3.8, 4) is 0 Å². The average Bonchev–Trinajstić information content (AvgIpc) is 1.35. The van der Waals surface area contributed by atoms with Crippen molar-refractivity contribution in [2.75, 3.05) is 14.1 Å². The van der Waals surface area contributed by atoms with Gasteiger partial charge in [-0.2, -0.15) is 0 Å². The Morgan fingerprint density at radius 3 is 2.17 bits per heavy atom. The molecule has 0 rings (SSSR count). The molecule has 0 atom stereocenters. The molecule has 3 heteroatoms. The fraction of sp³-hybridized carbons (Fsp3) is 0.667. The Morgan fingerprint density at radius 1 is 1.67 bits per heavy atom. The van der Waals surface area contributed by atoms with Crippen LogP contribution in [0.25, 0.3) is 0 Å². The van der Waals surface area contributed by atoms with Crippen molar-refractivity contribution >= 4 is 17.1 Å². The standard InChI is InChI=1S/C3H9NOS/c1-4(2)6-3-5/h3,5-6H,1-2H3. The lowest BCUT2D eigenvalue weighted by Gasteiger charge is -1.96. The molecule has 0 heterocycles. The zero-order valence-electron chi connectivity index (χ0n) is 3.92. The summed E-state index contributed by atoms with van der Waals surface area (Å²) in [5.74, 6) is 0. The molecule has 6 heavy (non-hydrogen) atoms. The van der Waals surface area contributed by atoms with Gasteiger partial charge >= 0.3 is 0 Å². The summed E-state index contributed by atoms with van der Waals surface area (Å²) in [6.45, 7) is 0. The second-order valence-corrected chi connectivity index (χ2v) is 2.34. The smallest absolute Gasteiger partial charge is 0.0696 e. The highest BCUT2D eigenvalue weighted by molar-refractivity contribution is 7.94. The van der Waals surface area contributed by atoms with E-state index in [4.69, 9.17) is 5.11 Å². The lowest BCUT2D eigenvalue weighted by molar-refractivity contribution is 0.591. The minimum absolute atomic E-state index is 0.843. The zero-order chi connectivity index (χ0) is 4.99. The van der Waals surface area contributed by atoms with Crippen LogP contribution in [0.5, 0.6) is 0 Å². The van der Waals surface area contributed by atoms with E-state index >= 15 is 0 Å². The SMILES string of the molecule is CN(C)[SH]=CO. The minimum atomic E-state index is 0.843. The molecular formula is C3H9NOS. The van der Waals surface area contributed by atoms with E-state index in [1.54, 1.807) is 0 Å². The van der Waals surface area contributed by atoms with E-state index in [1.165, 1.54) is 0 Å². The van der Waals surface area contributed by atoms with Gasteiger partial charge in [-0.1, -0.05) is 0 Å². The summed E-state index contributed by atoms with van der Waals surface area (Å²) >= 11 is 0.843. The molecule has 0 aromatic rings. The predicted molar refractivity (Wildman–Crippen MR) is 31.4 cm³/mol. The van der Waals surface area contributed by atoms with Gasteiger partial charge < -0.3 is 5.11 Å². The number of aliphatic hydroxyl groups excluding tert-OH is 1. The van der Waals surface area contributed by atoms with Gasteiger partial charge in [0.1, 0.15) is 0 Å². The van der Waals surface area contributed by atoms with Crippen molar-refractivity contribution < 1.29 is 5.11 Å². The van der Waals surface area contributed by atoms with Gasteiger partial charge in [0, 0.05) is 0 Å². The van der Waals surface area contributed by atoms with Crippen LogP contribution in [0, 0.1) is 0 Å². The maximum atomic E-state index is 8.06. The summed E-state index contributed by atoms with van der Waals surface area (Å²) in [4.78, 5) is 0. The molecule has 38 valence electrons. The number of thiol groups is 1. The first kappa shape index (κ1) is 6.14. The Kier molecular flexibility index (Phi) is 3.41. The van der Waals surface area contributed by atoms with Crippen LogP contribution in [0.15, 0.2) is 0 Å². The van der Waals surface area contributed by atoms with Crippen molar-refractivity contribution in [2.45, 2.75) is 0 Å². The molecule has 1 N–H and O–H groups in total. The first-order chi connectivity index (χ1) is 2.77. The summed E-state index contributed by atoms with van der Waals surface area (Å²) in [5.41, 5.74) is 1.10. The van der Waals surface area contributed by atoms with Gasteiger partial charge in [0.25, 0.3) is 0 Å². The van der Waals surface area contributed by atoms with Crippen molar-refractivity contribution in [2.24, 2.45) is 0 Å². The predicted octanol–water partition coefficient (Wildman–Crippen LogP) is 0.246. The molecule has 0 aliphatic rings. The van der Waals surface area contributed by atoms with Crippen LogP contribution in [0.4, 0.5) is 0 Å². The molecule has 0 radical (unpaired) electrons. The Morgan fingerprint density at radius 2 is 2.17 bits per heavy atom. The zero-order valence-corrected chi connectivity index (χ0v) is 4.81. The summed E-state index contributed by atoms with van der Waals surface area (Å²) in [5, 5.41) is 8.06. The molecule has 0 aromatic carbocycles. The van der Waals surface area contributed by atoms with E-state index in [1.807, 2.05) is 18.4 Å². The fourth-order valence-corrected chi connectivity index (χ4v) is 0.310. The Labute approximate surface area is 41.5 Å². The van der Waals surface area contributed by atoms with Crippen LogP contribution in [-0.2, 0) is 0 Å². The molecule has 2 nitrogen and oxygen atoms in total. The molecule has 0 aromatic heterocycles. The Balaban J connectivity index is 3.03. The van der Waals surface area contributed by atoms with Gasteiger partial charge in [-0.3, -0.25) is 4.31 Å². The van der Waals surface area contributed by atoms with Gasteiger partial charge in [-0.05, 0) is 14.1 Å². The van der Waals surface area contributed by atoms with Gasteiger partial charge in [-0.15, -0.1) is 11.5 Å². The second kappa shape index (κ2) is 3.33. The van der Waals surface area contributed by atoms with Crippen molar-refractivity contribution in [1.82, 2.24) is 4.31 Å². The lowest BCUT2D eigenvalue weighted by Crippen LogP contribution is -1.94. The quantitative estimate of drug-likeness (QED) is 0.370. The fourth-order valence-electron chi connectivity index (χ4n) is 0.103. The molecule has 0 aliphatic carbocycles. The van der Waals surface area contributed by atoms with Gasteiger partial charge in [0.05, 0.1) is 5.55 Å². The minimum Gasteiger partial charge on any atom is -0.362 e. The molecule has 0 saturated heterocycles. The molecule has 0 amide bonds. The number of hydrogen-bond acceptors (Lipinski definition) is 1. The third-order valence-electron chi connectivity index (χ3n) is 0.283. The van der Waals surface area contributed by atoms with Crippen molar-refractivity contribution in [3.63, 3.8) is 0 Å². The maximum Gasteiger partial charge on any atom is 0.0696 e. The molecule has 0 aliphatic heterocycles. The Bertz CT molecular complexity index is 52.8. The van der Waals surface area contributed by atoms with E-state index in [9.17, 15) is 0 Å². The molecule has 0 fully saturated rings. The highest BCUT2D eigenvalue weighted by Crippen LogP contribution is 1.82. The van der Waals surface area contributed by atoms with Crippen LogP contribution in [0.1, 0.15) is 0 Å². The van der Waals surface area contributed by atoms with Gasteiger partial charge in [-0.25, -0.2) is 0 Å². The van der Waals surface area contributed by atoms with Crippen LogP contribution < -0.4 is 0 Å². The summed E-state index contributed by atoms with van der Waals surface area (Å²) in [6.07, 6.45) is 0. The molecule has 0 bridgehead atoms. The van der Waals surface area contributed by atoms with E-state index in [-0.39, 0.29) is 0 Å². The summed E-state index contributed by atoms with van der Waals surface area (Å²) < 4.78 is 1.85. The normalized spacial score (nSPS) is 12.7. The number of nitrogens with zero attached hydrogens (tertiary/aromatic N) is 1. The van der Waals surface area contributed by atoms with E-state index in [0.717, 1.165) is 17.1 Å². The van der Waals surface area contributed by atoms with Crippen LogP contribution in [0.3, 0.4) is 0 Å². The second-order valence-electron chi connectivity index (χ2n) is 1.08. The van der Waals surface area contributed by atoms with Gasteiger partial charge in [0.2, 0.25) is 0 Å². The summed E-state index contributed by atoms with van der Waals surface area (Å²) in [6, 6.07) is 0. The monoisotopic (exact) mass is 107 g/mol. The van der Waals surface area contributed by atoms with Crippen molar-refractivity contribution in [3.05, 3.63) is 0 Å². The molecule has 0 unspecified atom stereocenters. The highest BCUT2D eigenvalue weighted by atomic mass is 32.1.